The van der Waals surface area contributed by atoms with Crippen molar-refractivity contribution in [1.82, 2.24) is 0 Å². The number of hydrogen-bond donors (Lipinski definition) is 1. The van der Waals surface area contributed by atoms with Crippen LogP contribution in [0.2, 0.25) is 0 Å². The smallest absolute Gasteiger partial charge is 0.180 e. The van der Waals surface area contributed by atoms with Gasteiger partial charge >= 0.3 is 0 Å². The highest BCUT2D eigenvalue weighted by molar-refractivity contribution is 5.72. The lowest BCUT2D eigenvalue weighted by Gasteiger charge is -2.17. The molecule has 0 saturated carbocycles. The summed E-state index contributed by atoms with van der Waals surface area (Å²) in [7, 11) is 0. The summed E-state index contributed by atoms with van der Waals surface area (Å²) in [6.45, 7) is 7.04. The minimum atomic E-state index is -0.507. The quantitative estimate of drug-likeness (QED) is 0.311. The third kappa shape index (κ3) is 9.42. The van der Waals surface area contributed by atoms with E-state index in [9.17, 15) is 0 Å². The Labute approximate surface area is 136 Å². The normalized spacial score (nSPS) is 20.2. The predicted octanol–water partition coefficient (Wildman–Crippen LogP) is 5.05. The van der Waals surface area contributed by atoms with Gasteiger partial charge in [0.25, 0.3) is 0 Å². The second kappa shape index (κ2) is 11.0. The van der Waals surface area contributed by atoms with E-state index >= 15 is 0 Å². The number of unbranched alkanes of at least 4 members (excludes halogenated alkanes) is 8. The van der Waals surface area contributed by atoms with Crippen molar-refractivity contribution in [3.63, 3.8) is 0 Å². The first kappa shape index (κ1) is 19.4. The van der Waals surface area contributed by atoms with Crippen molar-refractivity contribution < 1.29 is 14.2 Å². The van der Waals surface area contributed by atoms with E-state index in [2.05, 4.69) is 6.92 Å². The van der Waals surface area contributed by atoms with E-state index in [-0.39, 0.29) is 6.10 Å². The molecule has 1 atom stereocenters. The fourth-order valence-corrected chi connectivity index (χ4v) is 2.71. The van der Waals surface area contributed by atoms with Crippen molar-refractivity contribution in [2.24, 2.45) is 0 Å². The number of hydrogen-bond acceptors (Lipinski definition) is 4. The fraction of sp³-hybridized carbons (Fsp3) is 0.944. The van der Waals surface area contributed by atoms with Crippen molar-refractivity contribution in [2.45, 2.75) is 96.9 Å². The van der Waals surface area contributed by atoms with Crippen LogP contribution in [0.3, 0.4) is 0 Å². The van der Waals surface area contributed by atoms with Crippen LogP contribution < -0.4 is 0 Å². The molecule has 1 rings (SSSR count). The SMILES string of the molecule is CCCCCCCCCCCC(=N)OCC1COC(C)(C)O1. The van der Waals surface area contributed by atoms with E-state index in [0.717, 1.165) is 12.8 Å². The van der Waals surface area contributed by atoms with Crippen LogP contribution in [-0.2, 0) is 14.2 Å². The number of rotatable bonds is 12. The molecule has 1 heterocycles. The average molecular weight is 313 g/mol. The summed E-state index contributed by atoms with van der Waals surface area (Å²) in [6, 6.07) is 0. The van der Waals surface area contributed by atoms with Crippen molar-refractivity contribution >= 4 is 5.90 Å². The van der Waals surface area contributed by atoms with Crippen LogP contribution in [0, 0.1) is 5.41 Å². The molecule has 0 spiro atoms. The zero-order valence-electron chi connectivity index (χ0n) is 14.8. The Morgan fingerprint density at radius 2 is 1.64 bits per heavy atom. The van der Waals surface area contributed by atoms with Crippen LogP contribution in [-0.4, -0.2) is 31.0 Å². The average Bonchev–Trinajstić information content (AvgIpc) is 2.83. The molecule has 0 aromatic rings. The highest BCUT2D eigenvalue weighted by atomic mass is 16.7. The second-order valence-electron chi connectivity index (χ2n) is 6.76. The standard InChI is InChI=1S/C18H35NO3/c1-4-5-6-7-8-9-10-11-12-13-17(19)20-14-16-15-21-18(2,3)22-16/h16,19H,4-15H2,1-3H3. The lowest BCUT2D eigenvalue weighted by atomic mass is 10.1. The Morgan fingerprint density at radius 1 is 1.05 bits per heavy atom. The lowest BCUT2D eigenvalue weighted by Crippen LogP contribution is -2.25. The van der Waals surface area contributed by atoms with Gasteiger partial charge in [0, 0.05) is 6.42 Å². The first-order chi connectivity index (χ1) is 10.5. The molecule has 1 saturated heterocycles. The molecule has 1 aliphatic rings. The summed E-state index contributed by atoms with van der Waals surface area (Å²) < 4.78 is 16.6. The molecule has 0 amide bonds. The van der Waals surface area contributed by atoms with Crippen molar-refractivity contribution in [1.29, 1.82) is 5.41 Å². The molecule has 0 aromatic heterocycles. The highest BCUT2D eigenvalue weighted by Crippen LogP contribution is 2.22. The van der Waals surface area contributed by atoms with Gasteiger partial charge in [0.1, 0.15) is 12.7 Å². The molecule has 0 radical (unpaired) electrons. The van der Waals surface area contributed by atoms with Crippen LogP contribution in [0.4, 0.5) is 0 Å². The molecule has 0 aliphatic carbocycles. The third-order valence-electron chi connectivity index (χ3n) is 4.02. The largest absolute Gasteiger partial charge is 0.478 e. The van der Waals surface area contributed by atoms with Gasteiger partial charge in [-0.05, 0) is 20.3 Å². The van der Waals surface area contributed by atoms with Crippen LogP contribution in [0.15, 0.2) is 0 Å². The van der Waals surface area contributed by atoms with Crippen molar-refractivity contribution in [3.05, 3.63) is 0 Å². The summed E-state index contributed by atoms with van der Waals surface area (Å²) in [5, 5.41) is 7.83. The molecule has 1 aliphatic heterocycles. The Hall–Kier alpha value is -0.610. The zero-order chi connectivity index (χ0) is 16.3. The lowest BCUT2D eigenvalue weighted by molar-refractivity contribution is -0.141. The summed E-state index contributed by atoms with van der Waals surface area (Å²) in [6.07, 6.45) is 12.4. The molecule has 4 heteroatoms. The van der Waals surface area contributed by atoms with E-state index in [1.807, 2.05) is 13.8 Å². The topological polar surface area (TPSA) is 51.5 Å². The minimum Gasteiger partial charge on any atom is -0.478 e. The number of nitrogens with one attached hydrogen (secondary N) is 1. The van der Waals surface area contributed by atoms with Crippen LogP contribution in [0.1, 0.15) is 85.0 Å². The van der Waals surface area contributed by atoms with Crippen molar-refractivity contribution in [3.8, 4) is 0 Å². The maximum absolute atomic E-state index is 7.83. The molecular formula is C18H35NO3. The summed E-state index contributed by atoms with van der Waals surface area (Å²) in [4.78, 5) is 0. The molecule has 0 aromatic carbocycles. The van der Waals surface area contributed by atoms with Gasteiger partial charge in [-0.25, -0.2) is 0 Å². The Balaban J connectivity index is 1.87. The number of ether oxygens (including phenoxy) is 3. The van der Waals surface area contributed by atoms with E-state index in [4.69, 9.17) is 19.6 Å². The third-order valence-corrected chi connectivity index (χ3v) is 4.02. The van der Waals surface area contributed by atoms with Gasteiger partial charge in [-0.1, -0.05) is 58.3 Å². The molecular weight excluding hydrogens is 278 g/mol. The Bertz CT molecular complexity index is 305. The molecule has 4 nitrogen and oxygen atoms in total. The van der Waals surface area contributed by atoms with Gasteiger partial charge < -0.3 is 14.2 Å². The molecule has 0 bridgehead atoms. The van der Waals surface area contributed by atoms with Gasteiger partial charge in [0.2, 0.25) is 0 Å². The van der Waals surface area contributed by atoms with E-state index in [0.29, 0.717) is 19.1 Å². The van der Waals surface area contributed by atoms with Crippen molar-refractivity contribution in [2.75, 3.05) is 13.2 Å². The first-order valence-electron chi connectivity index (χ1n) is 9.05. The molecule has 1 N–H and O–H groups in total. The minimum absolute atomic E-state index is 0.0431. The van der Waals surface area contributed by atoms with Crippen LogP contribution in [0.25, 0.3) is 0 Å². The van der Waals surface area contributed by atoms with Gasteiger partial charge in [0.05, 0.1) is 6.61 Å². The van der Waals surface area contributed by atoms with E-state index in [1.165, 1.54) is 51.4 Å². The van der Waals surface area contributed by atoms with Gasteiger partial charge in [-0.15, -0.1) is 0 Å². The summed E-state index contributed by atoms with van der Waals surface area (Å²) in [5.74, 6) is -0.121. The maximum Gasteiger partial charge on any atom is 0.180 e. The maximum atomic E-state index is 7.83. The van der Waals surface area contributed by atoms with E-state index < -0.39 is 5.79 Å². The Morgan fingerprint density at radius 3 is 2.18 bits per heavy atom. The summed E-state index contributed by atoms with van der Waals surface area (Å²) in [5.41, 5.74) is 0. The molecule has 22 heavy (non-hydrogen) atoms. The monoisotopic (exact) mass is 313 g/mol. The molecule has 130 valence electrons. The summed E-state index contributed by atoms with van der Waals surface area (Å²) >= 11 is 0. The zero-order valence-corrected chi connectivity index (χ0v) is 14.8. The van der Waals surface area contributed by atoms with E-state index in [1.54, 1.807) is 0 Å². The highest BCUT2D eigenvalue weighted by Gasteiger charge is 2.33. The van der Waals surface area contributed by atoms with Crippen LogP contribution >= 0.6 is 0 Å². The second-order valence-corrected chi connectivity index (χ2v) is 6.76. The Kier molecular flexibility index (Phi) is 9.73. The fourth-order valence-electron chi connectivity index (χ4n) is 2.71. The van der Waals surface area contributed by atoms with Gasteiger partial charge in [-0.3, -0.25) is 5.41 Å². The predicted molar refractivity (Wildman–Crippen MR) is 90.4 cm³/mol. The van der Waals surface area contributed by atoms with Gasteiger partial charge in [0.15, 0.2) is 11.7 Å². The molecule has 1 unspecified atom stereocenters. The van der Waals surface area contributed by atoms with Gasteiger partial charge in [-0.2, -0.15) is 0 Å². The first-order valence-corrected chi connectivity index (χ1v) is 9.05. The molecule has 1 fully saturated rings. The van der Waals surface area contributed by atoms with Crippen LogP contribution in [0.5, 0.6) is 0 Å².